The number of aliphatic imine (C=N–C) groups is 1. The Hall–Kier alpha value is -2.41. The van der Waals surface area contributed by atoms with E-state index in [1.165, 1.54) is 6.07 Å². The third-order valence-electron chi connectivity index (χ3n) is 5.37. The Morgan fingerprint density at radius 2 is 2.19 bits per heavy atom. The van der Waals surface area contributed by atoms with Crippen LogP contribution >= 0.6 is 11.8 Å². The molecule has 27 heavy (non-hydrogen) atoms. The Kier molecular flexibility index (Phi) is 4.86. The summed E-state index contributed by atoms with van der Waals surface area (Å²) in [5, 5.41) is 3.32. The molecule has 3 N–H and O–H groups in total. The van der Waals surface area contributed by atoms with Crippen LogP contribution in [0.1, 0.15) is 41.7 Å². The molecule has 2 atom stereocenters. The summed E-state index contributed by atoms with van der Waals surface area (Å²) in [6.07, 6.45) is 5.46. The fourth-order valence-corrected chi connectivity index (χ4v) is 5.09. The number of anilines is 1. The van der Waals surface area contributed by atoms with Gasteiger partial charge in [0.1, 0.15) is 11.5 Å². The van der Waals surface area contributed by atoms with Crippen LogP contribution in [0.4, 0.5) is 10.1 Å². The largest absolute Gasteiger partial charge is 0.379 e. The molecule has 7 heteroatoms. The molecule has 0 radical (unpaired) electrons. The molecule has 1 aromatic carbocycles. The summed E-state index contributed by atoms with van der Waals surface area (Å²) in [5.74, 6) is 0.466. The summed E-state index contributed by atoms with van der Waals surface area (Å²) in [5.41, 5.74) is 6.76. The highest BCUT2D eigenvalue weighted by atomic mass is 32.2. The van der Waals surface area contributed by atoms with Crippen molar-refractivity contribution in [3.05, 3.63) is 59.7 Å². The van der Waals surface area contributed by atoms with Crippen LogP contribution in [0.5, 0.6) is 0 Å². The van der Waals surface area contributed by atoms with E-state index in [0.717, 1.165) is 31.4 Å². The molecule has 1 amide bonds. The zero-order valence-electron chi connectivity index (χ0n) is 14.8. The molecule has 2 heterocycles. The predicted octanol–water partition coefficient (Wildman–Crippen LogP) is 3.92. The van der Waals surface area contributed by atoms with Crippen molar-refractivity contribution in [3.63, 3.8) is 0 Å². The van der Waals surface area contributed by atoms with Gasteiger partial charge in [-0.3, -0.25) is 14.8 Å². The Morgan fingerprint density at radius 1 is 1.30 bits per heavy atom. The van der Waals surface area contributed by atoms with E-state index in [4.69, 9.17) is 10.7 Å². The van der Waals surface area contributed by atoms with Crippen molar-refractivity contribution < 1.29 is 9.18 Å². The third-order valence-corrected chi connectivity index (χ3v) is 6.32. The standard InChI is InChI=1S/C20H21FN4OS/c21-16-8-7-14(24-18(26)17-6-2-4-10-23-17)11-15(16)20-9-3-1-5-13(20)12-27-19(22)25-20/h2,4,6-8,10-11,13H,1,3,5,9,12H2,(H2,22,25)(H,24,26). The van der Waals surface area contributed by atoms with Crippen molar-refractivity contribution in [2.75, 3.05) is 11.1 Å². The maximum absolute atomic E-state index is 14.9. The lowest BCUT2D eigenvalue weighted by atomic mass is 9.69. The molecule has 1 aliphatic heterocycles. The molecule has 1 aromatic heterocycles. The van der Waals surface area contributed by atoms with E-state index in [-0.39, 0.29) is 17.6 Å². The highest BCUT2D eigenvalue weighted by Gasteiger charge is 2.46. The van der Waals surface area contributed by atoms with Crippen LogP contribution in [-0.4, -0.2) is 21.8 Å². The van der Waals surface area contributed by atoms with Gasteiger partial charge in [0.05, 0.1) is 5.54 Å². The molecule has 0 spiro atoms. The molecule has 2 unspecified atom stereocenters. The van der Waals surface area contributed by atoms with Gasteiger partial charge >= 0.3 is 0 Å². The second-order valence-corrected chi connectivity index (χ2v) is 8.03. The van der Waals surface area contributed by atoms with Crippen molar-refractivity contribution in [1.29, 1.82) is 0 Å². The number of halogens is 1. The Morgan fingerprint density at radius 3 is 3.00 bits per heavy atom. The van der Waals surface area contributed by atoms with Crippen LogP contribution in [-0.2, 0) is 5.54 Å². The number of fused-ring (bicyclic) bond motifs is 1. The number of nitrogens with zero attached hydrogens (tertiary/aromatic N) is 2. The maximum atomic E-state index is 14.9. The molecule has 1 saturated carbocycles. The monoisotopic (exact) mass is 384 g/mol. The third kappa shape index (κ3) is 3.43. The molecular formula is C20H21FN4OS. The number of carbonyl (C=O) groups excluding carboxylic acids is 1. The first-order chi connectivity index (χ1) is 13.1. The predicted molar refractivity (Wildman–Crippen MR) is 106 cm³/mol. The minimum absolute atomic E-state index is 0.250. The van der Waals surface area contributed by atoms with E-state index < -0.39 is 5.54 Å². The maximum Gasteiger partial charge on any atom is 0.274 e. The Balaban J connectivity index is 1.70. The number of hydrogen-bond acceptors (Lipinski definition) is 5. The molecule has 0 bridgehead atoms. The molecular weight excluding hydrogens is 363 g/mol. The fraction of sp³-hybridized carbons (Fsp3) is 0.350. The van der Waals surface area contributed by atoms with Gasteiger partial charge < -0.3 is 11.1 Å². The van der Waals surface area contributed by atoms with Crippen molar-refractivity contribution >= 4 is 28.5 Å². The van der Waals surface area contributed by atoms with Crippen molar-refractivity contribution in [1.82, 2.24) is 4.98 Å². The molecule has 5 nitrogen and oxygen atoms in total. The SMILES string of the molecule is NC1=NC2(c3cc(NC(=O)c4ccccn4)ccc3F)CCCCC2CS1. The number of amidine groups is 1. The van der Waals surface area contributed by atoms with Gasteiger partial charge in [0.2, 0.25) is 0 Å². The number of hydrogen-bond donors (Lipinski definition) is 2. The highest BCUT2D eigenvalue weighted by Crippen LogP contribution is 2.50. The van der Waals surface area contributed by atoms with Crippen LogP contribution in [0.2, 0.25) is 0 Å². The van der Waals surface area contributed by atoms with E-state index in [1.54, 1.807) is 48.3 Å². The van der Waals surface area contributed by atoms with E-state index in [1.807, 2.05) is 0 Å². The van der Waals surface area contributed by atoms with Crippen molar-refractivity contribution in [2.45, 2.75) is 31.2 Å². The summed E-state index contributed by atoms with van der Waals surface area (Å²) < 4.78 is 14.9. The highest BCUT2D eigenvalue weighted by molar-refractivity contribution is 8.13. The molecule has 0 saturated heterocycles. The molecule has 2 aliphatic rings. The minimum atomic E-state index is -0.636. The zero-order valence-corrected chi connectivity index (χ0v) is 15.6. The number of rotatable bonds is 3. The van der Waals surface area contributed by atoms with Gasteiger partial charge in [-0.2, -0.15) is 0 Å². The summed E-state index contributed by atoms with van der Waals surface area (Å²) in [6, 6.07) is 9.82. The lowest BCUT2D eigenvalue weighted by molar-refractivity contribution is 0.102. The second kappa shape index (κ2) is 7.31. The average molecular weight is 384 g/mol. The topological polar surface area (TPSA) is 80.4 Å². The normalized spacial score (nSPS) is 24.6. The first kappa shape index (κ1) is 18.0. The number of amides is 1. The summed E-state index contributed by atoms with van der Waals surface area (Å²) in [6.45, 7) is 0. The summed E-state index contributed by atoms with van der Waals surface area (Å²) in [7, 11) is 0. The Bertz CT molecular complexity index is 889. The number of aromatic nitrogens is 1. The molecule has 140 valence electrons. The van der Waals surface area contributed by atoms with Gasteiger partial charge in [0.25, 0.3) is 5.91 Å². The van der Waals surface area contributed by atoms with Crippen LogP contribution in [0, 0.1) is 11.7 Å². The molecule has 4 rings (SSSR count). The van der Waals surface area contributed by atoms with Gasteiger partial charge in [0, 0.05) is 23.2 Å². The van der Waals surface area contributed by atoms with E-state index in [9.17, 15) is 9.18 Å². The molecule has 1 aliphatic carbocycles. The lowest BCUT2D eigenvalue weighted by Crippen LogP contribution is -2.43. The smallest absolute Gasteiger partial charge is 0.274 e. The zero-order chi connectivity index (χ0) is 18.9. The minimum Gasteiger partial charge on any atom is -0.379 e. The number of nitrogens with one attached hydrogen (secondary N) is 1. The van der Waals surface area contributed by atoms with Crippen LogP contribution in [0.15, 0.2) is 47.6 Å². The summed E-state index contributed by atoms with van der Waals surface area (Å²) in [4.78, 5) is 21.2. The second-order valence-electron chi connectivity index (χ2n) is 6.99. The number of pyridine rings is 1. The quantitative estimate of drug-likeness (QED) is 0.840. The van der Waals surface area contributed by atoms with Crippen LogP contribution < -0.4 is 11.1 Å². The van der Waals surface area contributed by atoms with Gasteiger partial charge in [-0.15, -0.1) is 0 Å². The van der Waals surface area contributed by atoms with E-state index >= 15 is 0 Å². The first-order valence-corrected chi connectivity index (χ1v) is 10.1. The molecule has 2 aromatic rings. The van der Waals surface area contributed by atoms with Gasteiger partial charge in [-0.1, -0.05) is 30.7 Å². The van der Waals surface area contributed by atoms with Gasteiger partial charge in [0.15, 0.2) is 5.17 Å². The fourth-order valence-electron chi connectivity index (χ4n) is 4.05. The average Bonchev–Trinajstić information content (AvgIpc) is 2.69. The number of benzene rings is 1. The Labute approximate surface area is 161 Å². The van der Waals surface area contributed by atoms with Crippen LogP contribution in [0.25, 0.3) is 0 Å². The van der Waals surface area contributed by atoms with E-state index in [0.29, 0.717) is 22.1 Å². The number of thioether (sulfide) groups is 1. The lowest BCUT2D eigenvalue weighted by Gasteiger charge is -2.44. The summed E-state index contributed by atoms with van der Waals surface area (Å²) >= 11 is 1.54. The van der Waals surface area contributed by atoms with Crippen LogP contribution in [0.3, 0.4) is 0 Å². The van der Waals surface area contributed by atoms with Crippen molar-refractivity contribution in [3.8, 4) is 0 Å². The van der Waals surface area contributed by atoms with E-state index in [2.05, 4.69) is 10.3 Å². The first-order valence-electron chi connectivity index (χ1n) is 9.09. The van der Waals surface area contributed by atoms with Gasteiger partial charge in [-0.05, 0) is 49.1 Å². The van der Waals surface area contributed by atoms with Gasteiger partial charge in [-0.25, -0.2) is 4.39 Å². The van der Waals surface area contributed by atoms with Crippen molar-refractivity contribution in [2.24, 2.45) is 16.6 Å². The number of carbonyl (C=O) groups is 1. The molecule has 1 fully saturated rings. The number of nitrogens with two attached hydrogens (primary N) is 1.